The van der Waals surface area contributed by atoms with Gasteiger partial charge in [-0.2, -0.15) is 0 Å². The molecule has 1 aliphatic heterocycles. The Kier molecular flexibility index (Phi) is 3.06. The molecule has 6 N–H and O–H groups in total. The molecule has 0 amide bonds. The number of halogens is 3. The summed E-state index contributed by atoms with van der Waals surface area (Å²) >= 11 is 16.7. The summed E-state index contributed by atoms with van der Waals surface area (Å²) in [4.78, 5) is 0. The summed E-state index contributed by atoms with van der Waals surface area (Å²) in [6.45, 7) is 0. The van der Waals surface area contributed by atoms with Crippen LogP contribution < -0.4 is 22.4 Å². The van der Waals surface area contributed by atoms with Gasteiger partial charge < -0.3 is 5.73 Å². The highest BCUT2D eigenvalue weighted by molar-refractivity contribution is 6.69. The summed E-state index contributed by atoms with van der Waals surface area (Å²) in [6.07, 6.45) is 1.05. The van der Waals surface area contributed by atoms with Crippen molar-refractivity contribution in [3.63, 3.8) is 0 Å². The minimum atomic E-state index is -1.54. The van der Waals surface area contributed by atoms with Gasteiger partial charge >= 0.3 is 0 Å². The fraction of sp³-hybridized carbons (Fsp3) is 0.500. The van der Waals surface area contributed by atoms with Gasteiger partial charge in [-0.25, -0.2) is 11.3 Å². The lowest BCUT2D eigenvalue weighted by molar-refractivity contribution is 0.105. The Morgan fingerprint density at radius 2 is 2.08 bits per heavy atom. The maximum atomic E-state index is 5.58. The number of allylic oxidation sites excluding steroid dienone is 1. The van der Waals surface area contributed by atoms with Gasteiger partial charge in [0.05, 0.1) is 11.9 Å². The summed E-state index contributed by atoms with van der Waals surface area (Å²) in [5.41, 5.74) is 11.0. The zero-order valence-corrected chi connectivity index (χ0v) is 8.16. The molecule has 8 heteroatoms. The van der Waals surface area contributed by atoms with E-state index in [2.05, 4.69) is 10.9 Å². The second kappa shape index (κ2) is 3.55. The molecule has 1 heterocycles. The van der Waals surface area contributed by atoms with Crippen molar-refractivity contribution in [3.8, 4) is 0 Å². The molecule has 0 saturated heterocycles. The number of hydrazine groups is 3. The molecule has 1 atom stereocenters. The number of nitrogens with two attached hydrogens (primary N) is 2. The zero-order chi connectivity index (χ0) is 9.35. The fourth-order valence-corrected chi connectivity index (χ4v) is 1.05. The molecule has 0 spiro atoms. The van der Waals surface area contributed by atoms with Crippen molar-refractivity contribution in [3.05, 3.63) is 11.8 Å². The van der Waals surface area contributed by atoms with Crippen LogP contribution in [0.25, 0.3) is 0 Å². The normalized spacial score (nSPS) is 26.4. The summed E-state index contributed by atoms with van der Waals surface area (Å²) in [7, 11) is 0. The Balaban J connectivity index is 2.77. The predicted molar refractivity (Wildman–Crippen MR) is 48.6 cm³/mol. The molecule has 0 aromatic carbocycles. The van der Waals surface area contributed by atoms with Crippen molar-refractivity contribution in [1.82, 2.24) is 16.1 Å². The van der Waals surface area contributed by atoms with E-state index in [4.69, 9.17) is 46.4 Å². The number of nitrogens with one attached hydrogen (secondary N) is 2. The maximum Gasteiger partial charge on any atom is 0.231 e. The highest BCUT2D eigenvalue weighted by atomic mass is 35.6. The van der Waals surface area contributed by atoms with E-state index in [1.165, 1.54) is 6.08 Å². The average molecular weight is 233 g/mol. The number of rotatable bonds is 0. The van der Waals surface area contributed by atoms with Crippen LogP contribution in [0.1, 0.15) is 0 Å². The van der Waals surface area contributed by atoms with Gasteiger partial charge in [0, 0.05) is 0 Å². The third kappa shape index (κ3) is 2.63. The molecule has 0 aliphatic carbocycles. The van der Waals surface area contributed by atoms with E-state index in [1.54, 1.807) is 0 Å². The van der Waals surface area contributed by atoms with Gasteiger partial charge in [0.1, 0.15) is 0 Å². The molecule has 0 aromatic rings. The van der Waals surface area contributed by atoms with E-state index in [0.717, 1.165) is 5.23 Å². The first-order chi connectivity index (χ1) is 5.39. The molecule has 0 bridgehead atoms. The Hall–Kier alpha value is 0.250. The van der Waals surface area contributed by atoms with Crippen LogP contribution in [0.3, 0.4) is 0 Å². The molecular weight excluding hydrogens is 224 g/mol. The largest absolute Gasteiger partial charge is 0.311 e. The molecule has 0 saturated carbocycles. The van der Waals surface area contributed by atoms with E-state index in [9.17, 15) is 0 Å². The van der Waals surface area contributed by atoms with Gasteiger partial charge in [-0.3, -0.25) is 5.43 Å². The molecule has 0 radical (unpaired) electrons. The Labute approximate surface area is 84.5 Å². The lowest BCUT2D eigenvalue weighted by Crippen LogP contribution is -2.62. The Morgan fingerprint density at radius 1 is 1.50 bits per heavy atom. The van der Waals surface area contributed by atoms with Crippen molar-refractivity contribution < 1.29 is 0 Å². The SMILES string of the molecule is NC1C=C(C(Cl)(Cl)Cl)NN(N)N1. The summed E-state index contributed by atoms with van der Waals surface area (Å²) in [5, 5.41) is 1.03. The average Bonchev–Trinajstić information content (AvgIpc) is 1.82. The topological polar surface area (TPSA) is 79.3 Å². The monoisotopic (exact) mass is 231 g/mol. The molecule has 0 fully saturated rings. The number of nitrogens with zero attached hydrogens (tertiary/aromatic N) is 1. The minimum Gasteiger partial charge on any atom is -0.311 e. The van der Waals surface area contributed by atoms with Crippen molar-refractivity contribution in [2.24, 2.45) is 11.6 Å². The third-order valence-electron chi connectivity index (χ3n) is 1.18. The Bertz CT molecular complexity index is 199. The summed E-state index contributed by atoms with van der Waals surface area (Å²) in [5.74, 6) is 5.33. The lowest BCUT2D eigenvalue weighted by Gasteiger charge is -2.31. The maximum absolute atomic E-state index is 5.58. The molecule has 70 valence electrons. The van der Waals surface area contributed by atoms with Crippen molar-refractivity contribution >= 4 is 34.8 Å². The highest BCUT2D eigenvalue weighted by Gasteiger charge is 2.30. The first kappa shape index (κ1) is 10.3. The highest BCUT2D eigenvalue weighted by Crippen LogP contribution is 2.33. The smallest absolute Gasteiger partial charge is 0.231 e. The van der Waals surface area contributed by atoms with Crippen molar-refractivity contribution in [1.29, 1.82) is 0 Å². The molecule has 1 unspecified atom stereocenters. The summed E-state index contributed by atoms with van der Waals surface area (Å²) < 4.78 is -1.54. The lowest BCUT2D eigenvalue weighted by atomic mass is 10.3. The molecule has 12 heavy (non-hydrogen) atoms. The predicted octanol–water partition coefficient (Wildman–Crippen LogP) is -0.276. The molecule has 1 aliphatic rings. The Morgan fingerprint density at radius 3 is 2.50 bits per heavy atom. The van der Waals surface area contributed by atoms with E-state index < -0.39 is 9.96 Å². The zero-order valence-electron chi connectivity index (χ0n) is 5.89. The van der Waals surface area contributed by atoms with Crippen LogP contribution in [0.15, 0.2) is 11.8 Å². The number of alkyl halides is 3. The van der Waals surface area contributed by atoms with Crippen LogP contribution in [0.2, 0.25) is 0 Å². The van der Waals surface area contributed by atoms with Gasteiger partial charge in [-0.05, 0) is 6.08 Å². The van der Waals surface area contributed by atoms with Crippen LogP contribution in [0, 0.1) is 0 Å². The van der Waals surface area contributed by atoms with Gasteiger partial charge in [0.25, 0.3) is 0 Å². The van der Waals surface area contributed by atoms with Crippen LogP contribution in [-0.2, 0) is 0 Å². The quantitative estimate of drug-likeness (QED) is 0.341. The van der Waals surface area contributed by atoms with E-state index in [-0.39, 0.29) is 0 Å². The van der Waals surface area contributed by atoms with Crippen molar-refractivity contribution in [2.75, 3.05) is 0 Å². The van der Waals surface area contributed by atoms with Crippen molar-refractivity contribution in [2.45, 2.75) is 9.96 Å². The molecule has 0 aromatic heterocycles. The van der Waals surface area contributed by atoms with Gasteiger partial charge in [0.2, 0.25) is 3.79 Å². The standard InChI is InChI=1S/C4H8Cl3N5/c5-4(6,7)2-1-3(8)11-12(9)10-2/h1,3,10-11H,8-9H2. The van der Waals surface area contributed by atoms with Gasteiger partial charge in [-0.1, -0.05) is 40.0 Å². The van der Waals surface area contributed by atoms with E-state index >= 15 is 0 Å². The molecule has 1 rings (SSSR count). The van der Waals surface area contributed by atoms with E-state index in [1.807, 2.05) is 0 Å². The minimum absolute atomic E-state index is 0.321. The molecule has 5 nitrogen and oxygen atoms in total. The number of hydrogen-bond acceptors (Lipinski definition) is 5. The van der Waals surface area contributed by atoms with Crippen LogP contribution >= 0.6 is 34.8 Å². The third-order valence-corrected chi connectivity index (χ3v) is 1.79. The van der Waals surface area contributed by atoms with Crippen LogP contribution in [0.4, 0.5) is 0 Å². The second-order valence-electron chi connectivity index (χ2n) is 2.21. The van der Waals surface area contributed by atoms with Gasteiger partial charge in [0.15, 0.2) is 0 Å². The first-order valence-corrected chi connectivity index (χ1v) is 4.15. The fourth-order valence-electron chi connectivity index (χ4n) is 0.735. The van der Waals surface area contributed by atoms with Crippen LogP contribution in [-0.4, -0.2) is 15.2 Å². The van der Waals surface area contributed by atoms with Gasteiger partial charge in [-0.15, -0.1) is 0 Å². The van der Waals surface area contributed by atoms with E-state index in [0.29, 0.717) is 5.70 Å². The summed E-state index contributed by atoms with van der Waals surface area (Å²) in [6, 6.07) is 0. The van der Waals surface area contributed by atoms with Crippen LogP contribution in [0.5, 0.6) is 0 Å². The first-order valence-electron chi connectivity index (χ1n) is 3.02. The number of hydrogen-bond donors (Lipinski definition) is 4. The second-order valence-corrected chi connectivity index (χ2v) is 4.50. The molecular formula is C4H8Cl3N5.